The van der Waals surface area contributed by atoms with Crippen molar-refractivity contribution < 1.29 is 31.1 Å². The molecule has 1 saturated heterocycles. The van der Waals surface area contributed by atoms with Crippen LogP contribution < -0.4 is 4.74 Å². The van der Waals surface area contributed by atoms with E-state index in [1.54, 1.807) is 18.2 Å². The molecule has 3 rings (SSSR count). The maximum absolute atomic E-state index is 12.7. The summed E-state index contributed by atoms with van der Waals surface area (Å²) in [6, 6.07) is 12.6. The van der Waals surface area contributed by atoms with E-state index >= 15 is 0 Å². The quantitative estimate of drug-likeness (QED) is 0.792. The summed E-state index contributed by atoms with van der Waals surface area (Å²) in [6.07, 6.45) is -4.50. The minimum atomic E-state index is -4.81. The Morgan fingerprint density at radius 2 is 1.67 bits per heavy atom. The van der Waals surface area contributed by atoms with E-state index < -0.39 is 33.1 Å². The molecule has 0 bridgehead atoms. The Hall–Kier alpha value is -2.55. The van der Waals surface area contributed by atoms with E-state index in [0.717, 1.165) is 12.1 Å². The SMILES string of the molecule is O=C(c1ccc(OC(F)(F)F)cc1)N1CCC(S(=O)(=O)c2ccccc2)C1. The molecule has 1 aliphatic rings. The lowest BCUT2D eigenvalue weighted by atomic mass is 10.2. The molecule has 0 N–H and O–H groups in total. The fraction of sp³-hybridized carbons (Fsp3) is 0.278. The highest BCUT2D eigenvalue weighted by atomic mass is 32.2. The maximum Gasteiger partial charge on any atom is 0.573 e. The molecule has 1 atom stereocenters. The number of hydrogen-bond acceptors (Lipinski definition) is 4. The molecular weight excluding hydrogens is 383 g/mol. The molecule has 1 aliphatic heterocycles. The van der Waals surface area contributed by atoms with Crippen LogP contribution in [0, 0.1) is 0 Å². The normalized spacial score (nSPS) is 17.7. The summed E-state index contributed by atoms with van der Waals surface area (Å²) in [6.45, 7) is 0.299. The highest BCUT2D eigenvalue weighted by Gasteiger charge is 2.36. The molecule has 2 aromatic rings. The average molecular weight is 399 g/mol. The van der Waals surface area contributed by atoms with Gasteiger partial charge in [-0.25, -0.2) is 8.42 Å². The Balaban J connectivity index is 1.69. The summed E-state index contributed by atoms with van der Waals surface area (Å²) in [5.41, 5.74) is 0.169. The van der Waals surface area contributed by atoms with Crippen LogP contribution in [-0.2, 0) is 9.84 Å². The second-order valence-electron chi connectivity index (χ2n) is 6.09. The van der Waals surface area contributed by atoms with Crippen LogP contribution in [0.4, 0.5) is 13.2 Å². The van der Waals surface area contributed by atoms with Gasteiger partial charge in [-0.15, -0.1) is 13.2 Å². The predicted molar refractivity (Wildman–Crippen MR) is 91.1 cm³/mol. The molecule has 0 radical (unpaired) electrons. The second kappa shape index (κ2) is 7.22. The van der Waals surface area contributed by atoms with Crippen molar-refractivity contribution >= 4 is 15.7 Å². The lowest BCUT2D eigenvalue weighted by Crippen LogP contribution is -2.32. The Morgan fingerprint density at radius 1 is 1.04 bits per heavy atom. The van der Waals surface area contributed by atoms with Crippen molar-refractivity contribution in [2.75, 3.05) is 13.1 Å². The monoisotopic (exact) mass is 399 g/mol. The van der Waals surface area contributed by atoms with Crippen molar-refractivity contribution in [2.45, 2.75) is 22.9 Å². The molecule has 1 unspecified atom stereocenters. The van der Waals surface area contributed by atoms with Gasteiger partial charge in [0.05, 0.1) is 10.1 Å². The van der Waals surface area contributed by atoms with Crippen molar-refractivity contribution in [3.05, 3.63) is 60.2 Å². The Labute approximate surface area is 154 Å². The van der Waals surface area contributed by atoms with Crippen molar-refractivity contribution in [1.82, 2.24) is 4.90 Å². The highest BCUT2D eigenvalue weighted by Crippen LogP contribution is 2.26. The van der Waals surface area contributed by atoms with Gasteiger partial charge in [-0.05, 0) is 42.8 Å². The topological polar surface area (TPSA) is 63.7 Å². The minimum absolute atomic E-state index is 0.0386. The molecule has 9 heteroatoms. The van der Waals surface area contributed by atoms with Gasteiger partial charge in [-0.2, -0.15) is 0 Å². The van der Waals surface area contributed by atoms with Crippen LogP contribution in [0.25, 0.3) is 0 Å². The van der Waals surface area contributed by atoms with E-state index in [4.69, 9.17) is 0 Å². The number of amides is 1. The van der Waals surface area contributed by atoms with E-state index in [-0.39, 0.29) is 23.5 Å². The largest absolute Gasteiger partial charge is 0.573 e. The maximum atomic E-state index is 12.7. The summed E-state index contributed by atoms with van der Waals surface area (Å²) in [4.78, 5) is 14.1. The van der Waals surface area contributed by atoms with Gasteiger partial charge in [-0.1, -0.05) is 18.2 Å². The number of ether oxygens (including phenoxy) is 1. The first-order valence-electron chi connectivity index (χ1n) is 8.11. The van der Waals surface area contributed by atoms with Gasteiger partial charge in [0.25, 0.3) is 5.91 Å². The molecule has 0 spiro atoms. The standard InChI is InChI=1S/C18H16F3NO4S/c19-18(20,21)26-14-8-6-13(7-9-14)17(23)22-11-10-16(12-22)27(24,25)15-4-2-1-3-5-15/h1-9,16H,10-12H2. The molecule has 1 fully saturated rings. The zero-order chi connectivity index (χ0) is 19.7. The number of benzene rings is 2. The zero-order valence-electron chi connectivity index (χ0n) is 14.0. The van der Waals surface area contributed by atoms with Gasteiger partial charge in [-0.3, -0.25) is 4.79 Å². The molecular formula is C18H16F3NO4S. The van der Waals surface area contributed by atoms with Gasteiger partial charge in [0.1, 0.15) is 5.75 Å². The highest BCUT2D eigenvalue weighted by molar-refractivity contribution is 7.92. The first-order chi connectivity index (χ1) is 12.7. The number of sulfone groups is 1. The number of nitrogens with zero attached hydrogens (tertiary/aromatic N) is 1. The molecule has 1 amide bonds. The first-order valence-corrected chi connectivity index (χ1v) is 9.65. The number of alkyl halides is 3. The molecule has 0 saturated carbocycles. The van der Waals surface area contributed by atoms with Gasteiger partial charge < -0.3 is 9.64 Å². The Bertz CT molecular complexity index is 912. The molecule has 2 aromatic carbocycles. The van der Waals surface area contributed by atoms with E-state index in [1.165, 1.54) is 29.2 Å². The van der Waals surface area contributed by atoms with Crippen LogP contribution in [-0.4, -0.2) is 43.9 Å². The molecule has 144 valence electrons. The Morgan fingerprint density at radius 3 is 2.26 bits per heavy atom. The third-order valence-corrected chi connectivity index (χ3v) is 6.47. The third kappa shape index (κ3) is 4.41. The molecule has 27 heavy (non-hydrogen) atoms. The van der Waals surface area contributed by atoms with Crippen LogP contribution in [0.2, 0.25) is 0 Å². The van der Waals surface area contributed by atoms with Crippen LogP contribution >= 0.6 is 0 Å². The van der Waals surface area contributed by atoms with Crippen molar-refractivity contribution in [3.63, 3.8) is 0 Å². The average Bonchev–Trinajstić information content (AvgIpc) is 3.12. The smallest absolute Gasteiger partial charge is 0.406 e. The van der Waals surface area contributed by atoms with Crippen LogP contribution in [0.3, 0.4) is 0 Å². The number of hydrogen-bond donors (Lipinski definition) is 0. The summed E-state index contributed by atoms with van der Waals surface area (Å²) in [5.74, 6) is -0.857. The van der Waals surface area contributed by atoms with Crippen LogP contribution in [0.15, 0.2) is 59.5 Å². The summed E-state index contributed by atoms with van der Waals surface area (Å²) in [5, 5.41) is -0.711. The van der Waals surface area contributed by atoms with E-state index in [2.05, 4.69) is 4.74 Å². The lowest BCUT2D eigenvalue weighted by Gasteiger charge is -2.17. The predicted octanol–water partition coefficient (Wildman–Crippen LogP) is 3.27. The van der Waals surface area contributed by atoms with Gasteiger partial charge in [0.2, 0.25) is 0 Å². The number of rotatable bonds is 4. The van der Waals surface area contributed by atoms with Gasteiger partial charge in [0, 0.05) is 18.7 Å². The Kier molecular flexibility index (Phi) is 5.14. The van der Waals surface area contributed by atoms with E-state index in [9.17, 15) is 26.4 Å². The zero-order valence-corrected chi connectivity index (χ0v) is 14.8. The van der Waals surface area contributed by atoms with Gasteiger partial charge >= 0.3 is 6.36 Å². The third-order valence-electron chi connectivity index (χ3n) is 4.28. The van der Waals surface area contributed by atoms with E-state index in [1.807, 2.05) is 0 Å². The number of carbonyl (C=O) groups excluding carboxylic acids is 1. The van der Waals surface area contributed by atoms with Crippen molar-refractivity contribution in [2.24, 2.45) is 0 Å². The number of likely N-dealkylation sites (tertiary alicyclic amines) is 1. The number of carbonyl (C=O) groups is 1. The van der Waals surface area contributed by atoms with E-state index in [0.29, 0.717) is 6.42 Å². The lowest BCUT2D eigenvalue weighted by molar-refractivity contribution is -0.274. The summed E-state index contributed by atoms with van der Waals surface area (Å²) < 4.78 is 65.6. The minimum Gasteiger partial charge on any atom is -0.406 e. The van der Waals surface area contributed by atoms with Crippen molar-refractivity contribution in [1.29, 1.82) is 0 Å². The number of halogens is 3. The van der Waals surface area contributed by atoms with Crippen LogP contribution in [0.1, 0.15) is 16.8 Å². The van der Waals surface area contributed by atoms with Gasteiger partial charge in [0.15, 0.2) is 9.84 Å². The fourth-order valence-electron chi connectivity index (χ4n) is 2.95. The molecule has 0 aliphatic carbocycles. The molecule has 1 heterocycles. The van der Waals surface area contributed by atoms with Crippen molar-refractivity contribution in [3.8, 4) is 5.75 Å². The van der Waals surface area contributed by atoms with Crippen LogP contribution in [0.5, 0.6) is 5.75 Å². The molecule has 0 aromatic heterocycles. The first kappa shape index (κ1) is 19.2. The second-order valence-corrected chi connectivity index (χ2v) is 8.32. The molecule has 5 nitrogen and oxygen atoms in total. The summed E-state index contributed by atoms with van der Waals surface area (Å²) >= 11 is 0. The summed E-state index contributed by atoms with van der Waals surface area (Å²) in [7, 11) is -3.55. The fourth-order valence-corrected chi connectivity index (χ4v) is 4.66.